The SMILES string of the molecule is CN1CCC(N)CC1c1cc2ncccc2n1C. The van der Waals surface area contributed by atoms with Crippen LogP contribution in [0.1, 0.15) is 24.6 Å². The molecule has 18 heavy (non-hydrogen) atoms. The molecule has 1 aliphatic heterocycles. The molecule has 2 aromatic rings. The van der Waals surface area contributed by atoms with E-state index in [2.05, 4.69) is 40.7 Å². The minimum atomic E-state index is 0.317. The molecule has 0 aromatic carbocycles. The predicted molar refractivity (Wildman–Crippen MR) is 73.3 cm³/mol. The second kappa shape index (κ2) is 4.37. The van der Waals surface area contributed by atoms with Gasteiger partial charge in [0.05, 0.1) is 17.1 Å². The lowest BCUT2D eigenvalue weighted by Gasteiger charge is -2.36. The minimum absolute atomic E-state index is 0.317. The van der Waals surface area contributed by atoms with E-state index >= 15 is 0 Å². The second-order valence-electron chi connectivity index (χ2n) is 5.32. The molecule has 3 heterocycles. The predicted octanol–water partition coefficient (Wildman–Crippen LogP) is 1.67. The number of pyridine rings is 1. The molecule has 1 saturated heterocycles. The molecule has 0 radical (unpaired) electrons. The Bertz CT molecular complexity index is 560. The molecule has 2 atom stereocenters. The van der Waals surface area contributed by atoms with Crippen LogP contribution in [0.5, 0.6) is 0 Å². The highest BCUT2D eigenvalue weighted by molar-refractivity contribution is 5.76. The molecule has 0 saturated carbocycles. The average molecular weight is 244 g/mol. The van der Waals surface area contributed by atoms with Gasteiger partial charge in [-0.2, -0.15) is 0 Å². The van der Waals surface area contributed by atoms with Crippen molar-refractivity contribution in [2.24, 2.45) is 12.8 Å². The number of nitrogens with two attached hydrogens (primary N) is 1. The minimum Gasteiger partial charge on any atom is -0.345 e. The molecule has 4 nitrogen and oxygen atoms in total. The fraction of sp³-hybridized carbons (Fsp3) is 0.500. The van der Waals surface area contributed by atoms with E-state index in [1.807, 2.05) is 12.3 Å². The summed E-state index contributed by atoms with van der Waals surface area (Å²) in [4.78, 5) is 6.83. The molecule has 2 aromatic heterocycles. The van der Waals surface area contributed by atoms with Crippen molar-refractivity contribution in [3.63, 3.8) is 0 Å². The lowest BCUT2D eigenvalue weighted by Crippen LogP contribution is -2.40. The summed E-state index contributed by atoms with van der Waals surface area (Å²) >= 11 is 0. The Morgan fingerprint density at radius 3 is 3.00 bits per heavy atom. The highest BCUT2D eigenvalue weighted by Crippen LogP contribution is 2.31. The summed E-state index contributed by atoms with van der Waals surface area (Å²) in [5.74, 6) is 0. The molecule has 0 bridgehead atoms. The van der Waals surface area contributed by atoms with Crippen molar-refractivity contribution in [3.05, 3.63) is 30.1 Å². The highest BCUT2D eigenvalue weighted by Gasteiger charge is 2.27. The van der Waals surface area contributed by atoms with Crippen LogP contribution in [0.15, 0.2) is 24.4 Å². The first-order chi connectivity index (χ1) is 8.66. The van der Waals surface area contributed by atoms with Crippen LogP contribution in [0.4, 0.5) is 0 Å². The lowest BCUT2D eigenvalue weighted by atomic mass is 9.96. The Labute approximate surface area is 107 Å². The Kier molecular flexibility index (Phi) is 2.84. The molecule has 3 rings (SSSR count). The largest absolute Gasteiger partial charge is 0.345 e. The van der Waals surface area contributed by atoms with E-state index in [0.29, 0.717) is 12.1 Å². The zero-order valence-electron chi connectivity index (χ0n) is 11.0. The topological polar surface area (TPSA) is 47.1 Å². The maximum Gasteiger partial charge on any atom is 0.0884 e. The van der Waals surface area contributed by atoms with Gasteiger partial charge < -0.3 is 10.3 Å². The van der Waals surface area contributed by atoms with Crippen molar-refractivity contribution in [1.82, 2.24) is 14.5 Å². The molecule has 96 valence electrons. The monoisotopic (exact) mass is 244 g/mol. The van der Waals surface area contributed by atoms with E-state index in [9.17, 15) is 0 Å². The maximum atomic E-state index is 6.12. The number of piperidine rings is 1. The molecule has 2 unspecified atom stereocenters. The Morgan fingerprint density at radius 2 is 2.22 bits per heavy atom. The van der Waals surface area contributed by atoms with Crippen LogP contribution in [-0.4, -0.2) is 34.1 Å². The third-order valence-corrected chi connectivity index (χ3v) is 4.10. The van der Waals surface area contributed by atoms with Gasteiger partial charge in [-0.25, -0.2) is 0 Å². The smallest absolute Gasteiger partial charge is 0.0884 e. The van der Waals surface area contributed by atoms with Crippen LogP contribution in [0.25, 0.3) is 11.0 Å². The van der Waals surface area contributed by atoms with Crippen LogP contribution < -0.4 is 5.73 Å². The summed E-state index contributed by atoms with van der Waals surface area (Å²) in [6.07, 6.45) is 3.97. The first kappa shape index (κ1) is 11.7. The van der Waals surface area contributed by atoms with Crippen molar-refractivity contribution in [2.75, 3.05) is 13.6 Å². The van der Waals surface area contributed by atoms with Gasteiger partial charge >= 0.3 is 0 Å². The quantitative estimate of drug-likeness (QED) is 0.830. The van der Waals surface area contributed by atoms with Gasteiger partial charge in [0.15, 0.2) is 0 Å². The summed E-state index contributed by atoms with van der Waals surface area (Å²) in [7, 11) is 4.30. The third-order valence-electron chi connectivity index (χ3n) is 4.10. The lowest BCUT2D eigenvalue weighted by molar-refractivity contribution is 0.165. The number of aromatic nitrogens is 2. The first-order valence-corrected chi connectivity index (χ1v) is 6.53. The van der Waals surface area contributed by atoms with Gasteiger partial charge in [-0.3, -0.25) is 9.88 Å². The van der Waals surface area contributed by atoms with Gasteiger partial charge in [0.1, 0.15) is 0 Å². The number of fused-ring (bicyclic) bond motifs is 1. The van der Waals surface area contributed by atoms with Gasteiger partial charge in [0.2, 0.25) is 0 Å². The Hall–Kier alpha value is -1.39. The second-order valence-corrected chi connectivity index (χ2v) is 5.32. The Balaban J connectivity index is 2.05. The summed E-state index contributed by atoms with van der Waals surface area (Å²) in [5.41, 5.74) is 9.70. The van der Waals surface area contributed by atoms with Crippen molar-refractivity contribution < 1.29 is 0 Å². The number of likely N-dealkylation sites (tertiary alicyclic amines) is 1. The molecule has 2 N–H and O–H groups in total. The van der Waals surface area contributed by atoms with Gasteiger partial charge in [-0.1, -0.05) is 0 Å². The van der Waals surface area contributed by atoms with Crippen molar-refractivity contribution in [1.29, 1.82) is 0 Å². The number of rotatable bonds is 1. The fourth-order valence-electron chi connectivity index (χ4n) is 2.96. The molecule has 0 aliphatic carbocycles. The zero-order chi connectivity index (χ0) is 12.7. The molecular formula is C14H20N4. The molecule has 0 amide bonds. The number of hydrogen-bond acceptors (Lipinski definition) is 3. The van der Waals surface area contributed by atoms with Gasteiger partial charge in [0, 0.05) is 25.0 Å². The first-order valence-electron chi connectivity index (χ1n) is 6.53. The summed E-state index contributed by atoms with van der Waals surface area (Å²) < 4.78 is 2.25. The summed E-state index contributed by atoms with van der Waals surface area (Å²) in [6, 6.07) is 7.04. The average Bonchev–Trinajstić information content (AvgIpc) is 2.71. The van der Waals surface area contributed by atoms with E-state index < -0.39 is 0 Å². The van der Waals surface area contributed by atoms with E-state index in [4.69, 9.17) is 5.73 Å². The van der Waals surface area contributed by atoms with Crippen LogP contribution in [0, 0.1) is 0 Å². The van der Waals surface area contributed by atoms with Crippen LogP contribution in [0.3, 0.4) is 0 Å². The van der Waals surface area contributed by atoms with E-state index in [0.717, 1.165) is 24.9 Å². The van der Waals surface area contributed by atoms with Crippen molar-refractivity contribution in [3.8, 4) is 0 Å². The molecule has 1 aliphatic rings. The molecular weight excluding hydrogens is 224 g/mol. The van der Waals surface area contributed by atoms with Crippen LogP contribution >= 0.6 is 0 Å². The standard InChI is InChI=1S/C14H20N4/c1-17-7-5-10(15)8-13(17)14-9-11-12(18(14)2)4-3-6-16-11/h3-4,6,9-10,13H,5,7-8,15H2,1-2H3. The zero-order valence-corrected chi connectivity index (χ0v) is 11.0. The summed E-state index contributed by atoms with van der Waals surface area (Å²) in [6.45, 7) is 1.07. The van der Waals surface area contributed by atoms with E-state index in [1.54, 1.807) is 0 Å². The number of nitrogens with zero attached hydrogens (tertiary/aromatic N) is 3. The van der Waals surface area contributed by atoms with Gasteiger partial charge in [0.25, 0.3) is 0 Å². The normalized spacial score (nSPS) is 25.7. The number of aryl methyl sites for hydroxylation is 1. The maximum absolute atomic E-state index is 6.12. The summed E-state index contributed by atoms with van der Waals surface area (Å²) in [5, 5.41) is 0. The molecule has 0 spiro atoms. The van der Waals surface area contributed by atoms with Gasteiger partial charge in [-0.15, -0.1) is 0 Å². The Morgan fingerprint density at radius 1 is 1.39 bits per heavy atom. The van der Waals surface area contributed by atoms with E-state index in [1.165, 1.54) is 11.2 Å². The van der Waals surface area contributed by atoms with Crippen LogP contribution in [-0.2, 0) is 7.05 Å². The van der Waals surface area contributed by atoms with Crippen molar-refractivity contribution in [2.45, 2.75) is 24.9 Å². The fourth-order valence-corrected chi connectivity index (χ4v) is 2.96. The number of hydrogen-bond donors (Lipinski definition) is 1. The van der Waals surface area contributed by atoms with Gasteiger partial charge in [-0.05, 0) is 44.6 Å². The van der Waals surface area contributed by atoms with Crippen LogP contribution in [0.2, 0.25) is 0 Å². The van der Waals surface area contributed by atoms with E-state index in [-0.39, 0.29) is 0 Å². The molecule has 4 heteroatoms. The highest BCUT2D eigenvalue weighted by atomic mass is 15.2. The van der Waals surface area contributed by atoms with Crippen molar-refractivity contribution >= 4 is 11.0 Å². The molecule has 1 fully saturated rings. The third kappa shape index (κ3) is 1.82.